The lowest BCUT2D eigenvalue weighted by atomic mass is 9.94. The van der Waals surface area contributed by atoms with E-state index in [0.717, 1.165) is 28.1 Å². The molecule has 1 aliphatic rings. The highest BCUT2D eigenvalue weighted by Crippen LogP contribution is 2.37. The molecule has 0 radical (unpaired) electrons. The molecular formula is C22H24N4O2S. The summed E-state index contributed by atoms with van der Waals surface area (Å²) in [7, 11) is 3.20. The van der Waals surface area contributed by atoms with Gasteiger partial charge in [-0.3, -0.25) is 4.90 Å². The number of carbonyl (C=O) groups is 1. The van der Waals surface area contributed by atoms with Gasteiger partial charge in [-0.05, 0) is 63.2 Å². The van der Waals surface area contributed by atoms with Gasteiger partial charge in [0, 0.05) is 24.0 Å². The summed E-state index contributed by atoms with van der Waals surface area (Å²) in [6, 6.07) is 9.60. The maximum atomic E-state index is 12.8. The fourth-order valence-corrected chi connectivity index (χ4v) is 4.08. The average Bonchev–Trinajstić information content (AvgIpc) is 2.97. The summed E-state index contributed by atoms with van der Waals surface area (Å²) >= 11 is 5.71. The predicted molar refractivity (Wildman–Crippen MR) is 116 cm³/mol. The molecule has 6 nitrogen and oxygen atoms in total. The van der Waals surface area contributed by atoms with Crippen LogP contribution in [0.15, 0.2) is 35.5 Å². The largest absolute Gasteiger partial charge is 0.466 e. The predicted octanol–water partition coefficient (Wildman–Crippen LogP) is 3.70. The lowest BCUT2D eigenvalue weighted by molar-refractivity contribution is -0.136. The van der Waals surface area contributed by atoms with Gasteiger partial charge in [0.1, 0.15) is 11.8 Å². The zero-order valence-electron chi connectivity index (χ0n) is 17.5. The van der Waals surface area contributed by atoms with Gasteiger partial charge in [-0.2, -0.15) is 5.26 Å². The molecule has 1 aromatic carbocycles. The molecule has 0 fully saturated rings. The van der Waals surface area contributed by atoms with Crippen molar-refractivity contribution in [3.8, 4) is 6.07 Å². The Hall–Kier alpha value is -3.11. The van der Waals surface area contributed by atoms with Gasteiger partial charge in [0.15, 0.2) is 5.11 Å². The maximum Gasteiger partial charge on any atom is 0.337 e. The van der Waals surface area contributed by atoms with Crippen LogP contribution < -0.4 is 10.2 Å². The van der Waals surface area contributed by atoms with Crippen molar-refractivity contribution < 1.29 is 9.53 Å². The second-order valence-electron chi connectivity index (χ2n) is 7.24. The van der Waals surface area contributed by atoms with Crippen LogP contribution in [0.5, 0.6) is 0 Å². The van der Waals surface area contributed by atoms with Gasteiger partial charge in [-0.25, -0.2) is 4.79 Å². The minimum Gasteiger partial charge on any atom is -0.466 e. The smallest absolute Gasteiger partial charge is 0.337 e. The Bertz CT molecular complexity index is 1090. The Balaban J connectivity index is 2.23. The molecule has 7 heteroatoms. The third kappa shape index (κ3) is 3.40. The first-order chi connectivity index (χ1) is 13.7. The van der Waals surface area contributed by atoms with Crippen LogP contribution in [0.1, 0.15) is 41.0 Å². The molecule has 3 rings (SSSR count). The molecule has 1 aliphatic heterocycles. The lowest BCUT2D eigenvalue weighted by Crippen LogP contribution is -2.48. The molecule has 1 atom stereocenters. The summed E-state index contributed by atoms with van der Waals surface area (Å²) in [5.74, 6) is -0.431. The highest BCUT2D eigenvalue weighted by molar-refractivity contribution is 7.80. The number of allylic oxidation sites excluding steroid dienone is 1. The lowest BCUT2D eigenvalue weighted by Gasteiger charge is -2.38. The number of nitrogens with zero attached hydrogens (tertiary/aromatic N) is 3. The fraction of sp³-hybridized carbons (Fsp3) is 0.318. The number of esters is 1. The maximum absolute atomic E-state index is 12.8. The fourth-order valence-electron chi connectivity index (χ4n) is 3.72. The van der Waals surface area contributed by atoms with E-state index in [2.05, 4.69) is 11.4 Å². The summed E-state index contributed by atoms with van der Waals surface area (Å²) in [4.78, 5) is 14.7. The van der Waals surface area contributed by atoms with Crippen LogP contribution in [0.25, 0.3) is 0 Å². The quantitative estimate of drug-likeness (QED) is 0.617. The van der Waals surface area contributed by atoms with Gasteiger partial charge in [0.05, 0.1) is 24.4 Å². The number of aryl methyl sites for hydroxylation is 2. The number of methoxy groups -OCH3 is 1. The normalized spacial score (nSPS) is 16.5. The van der Waals surface area contributed by atoms with Crippen LogP contribution in [0.2, 0.25) is 0 Å². The number of nitriles is 1. The van der Waals surface area contributed by atoms with Crippen molar-refractivity contribution >= 4 is 29.0 Å². The molecule has 1 N–H and O–H groups in total. The summed E-state index contributed by atoms with van der Waals surface area (Å²) in [5.41, 5.74) is 6.47. The Morgan fingerprint density at radius 3 is 2.52 bits per heavy atom. The number of anilines is 1. The number of rotatable bonds is 3. The van der Waals surface area contributed by atoms with Gasteiger partial charge < -0.3 is 14.6 Å². The Kier molecular flexibility index (Phi) is 5.49. The molecule has 2 aromatic rings. The number of hydrogen-bond donors (Lipinski definition) is 1. The van der Waals surface area contributed by atoms with Crippen LogP contribution in [0.3, 0.4) is 0 Å². The molecule has 1 aromatic heterocycles. The van der Waals surface area contributed by atoms with Crippen molar-refractivity contribution in [2.24, 2.45) is 7.05 Å². The molecule has 0 saturated heterocycles. The number of aromatic nitrogens is 1. The first kappa shape index (κ1) is 20.6. The number of thiocarbonyl (C=S) groups is 1. The van der Waals surface area contributed by atoms with E-state index >= 15 is 0 Å². The topological polar surface area (TPSA) is 70.3 Å². The molecule has 150 valence electrons. The summed E-state index contributed by atoms with van der Waals surface area (Å²) in [5, 5.41) is 13.2. The van der Waals surface area contributed by atoms with Crippen molar-refractivity contribution in [1.29, 1.82) is 5.26 Å². The van der Waals surface area contributed by atoms with Crippen LogP contribution in [-0.2, 0) is 16.6 Å². The van der Waals surface area contributed by atoms with Gasteiger partial charge in [0.25, 0.3) is 0 Å². The summed E-state index contributed by atoms with van der Waals surface area (Å²) in [6.07, 6.45) is 0. The minimum atomic E-state index is -0.496. The molecule has 0 saturated carbocycles. The van der Waals surface area contributed by atoms with Gasteiger partial charge in [0.2, 0.25) is 0 Å². The standard InChI is InChI=1S/C22H24N4O2S/c1-12-7-8-13(2)18(9-12)26-15(4)19(21(27)28-6)20(24-22(26)29)17-10-16(11-23)25(5)14(17)3/h7-10,20H,1-6H3,(H,24,29)/t20-/m0/s1. The van der Waals surface area contributed by atoms with E-state index in [1.807, 2.05) is 57.8 Å². The first-order valence-corrected chi connectivity index (χ1v) is 9.65. The Labute approximate surface area is 176 Å². The number of hydrogen-bond acceptors (Lipinski definition) is 4. The second kappa shape index (κ2) is 7.72. The molecular weight excluding hydrogens is 384 g/mol. The van der Waals surface area contributed by atoms with Crippen LogP contribution >= 0.6 is 12.2 Å². The highest BCUT2D eigenvalue weighted by Gasteiger charge is 2.37. The third-order valence-corrected chi connectivity index (χ3v) is 5.80. The van der Waals surface area contributed by atoms with E-state index in [4.69, 9.17) is 17.0 Å². The monoisotopic (exact) mass is 408 g/mol. The van der Waals surface area contributed by atoms with Crippen molar-refractivity contribution in [3.63, 3.8) is 0 Å². The zero-order chi connectivity index (χ0) is 21.5. The molecule has 0 spiro atoms. The van der Waals surface area contributed by atoms with E-state index in [1.165, 1.54) is 7.11 Å². The van der Waals surface area contributed by atoms with Crippen LogP contribution in [0, 0.1) is 32.1 Å². The summed E-state index contributed by atoms with van der Waals surface area (Å²) < 4.78 is 6.92. The van der Waals surface area contributed by atoms with Crippen molar-refractivity contribution in [2.75, 3.05) is 12.0 Å². The number of nitrogens with one attached hydrogen (secondary N) is 1. The van der Waals surface area contributed by atoms with Crippen molar-refractivity contribution in [2.45, 2.75) is 33.7 Å². The van der Waals surface area contributed by atoms with Crippen LogP contribution in [0.4, 0.5) is 5.69 Å². The minimum absolute atomic E-state index is 0.431. The molecule has 0 bridgehead atoms. The molecule has 0 unspecified atom stereocenters. The molecule has 0 aliphatic carbocycles. The number of benzene rings is 1. The highest BCUT2D eigenvalue weighted by atomic mass is 32.1. The Morgan fingerprint density at radius 1 is 1.24 bits per heavy atom. The zero-order valence-corrected chi connectivity index (χ0v) is 18.3. The average molecular weight is 409 g/mol. The summed E-state index contributed by atoms with van der Waals surface area (Å²) in [6.45, 7) is 7.82. The molecule has 0 amide bonds. The van der Waals surface area contributed by atoms with Crippen molar-refractivity contribution in [3.05, 3.63) is 63.6 Å². The van der Waals surface area contributed by atoms with E-state index in [-0.39, 0.29) is 0 Å². The van der Waals surface area contributed by atoms with Crippen molar-refractivity contribution in [1.82, 2.24) is 9.88 Å². The van der Waals surface area contributed by atoms with E-state index in [1.54, 1.807) is 10.6 Å². The van der Waals surface area contributed by atoms with Gasteiger partial charge in [-0.1, -0.05) is 12.1 Å². The van der Waals surface area contributed by atoms with Crippen LogP contribution in [-0.4, -0.2) is 22.8 Å². The SMILES string of the molecule is COC(=O)C1=C(C)N(c2cc(C)ccc2C)C(=S)N[C@H]1c1cc(C#N)n(C)c1C. The second-order valence-corrected chi connectivity index (χ2v) is 7.63. The first-order valence-electron chi connectivity index (χ1n) is 9.24. The third-order valence-electron chi connectivity index (χ3n) is 5.50. The van der Waals surface area contributed by atoms with Gasteiger partial charge in [-0.15, -0.1) is 0 Å². The molecule has 29 heavy (non-hydrogen) atoms. The molecule has 2 heterocycles. The Morgan fingerprint density at radius 2 is 1.93 bits per heavy atom. The van der Waals surface area contributed by atoms with E-state index < -0.39 is 12.0 Å². The number of ether oxygens (including phenoxy) is 1. The number of carbonyl (C=O) groups excluding carboxylic acids is 1. The van der Waals surface area contributed by atoms with E-state index in [9.17, 15) is 10.1 Å². The van der Waals surface area contributed by atoms with Gasteiger partial charge >= 0.3 is 5.97 Å². The van der Waals surface area contributed by atoms with E-state index in [0.29, 0.717) is 22.1 Å².